The zero-order valence-electron chi connectivity index (χ0n) is 9.96. The van der Waals surface area contributed by atoms with E-state index in [0.29, 0.717) is 5.82 Å². The summed E-state index contributed by atoms with van der Waals surface area (Å²) in [6, 6.07) is 5.43. The summed E-state index contributed by atoms with van der Waals surface area (Å²) in [4.78, 5) is 3.76. The Morgan fingerprint density at radius 3 is 1.71 bits per heavy atom. The average molecular weight is 196 g/mol. The number of nitrogens with two attached hydrogens (primary N) is 1. The van der Waals surface area contributed by atoms with Gasteiger partial charge in [-0.3, -0.25) is 0 Å². The fraction of sp³-hybridized carbons (Fsp3) is 0.583. The van der Waals surface area contributed by atoms with Crippen LogP contribution in [0.2, 0.25) is 0 Å². The molecular formula is C12H24N2. The molecule has 14 heavy (non-hydrogen) atoms. The maximum absolute atomic E-state index is 5.25. The Kier molecular flexibility index (Phi) is 15.9. The van der Waals surface area contributed by atoms with Crippen LogP contribution in [0.5, 0.6) is 0 Å². The van der Waals surface area contributed by atoms with Crippen LogP contribution in [0.1, 0.15) is 47.0 Å². The summed E-state index contributed by atoms with van der Waals surface area (Å²) in [6.07, 6.45) is 5.55. The number of nitrogens with zero attached hydrogens (tertiary/aromatic N) is 1. The monoisotopic (exact) mass is 196 g/mol. The van der Waals surface area contributed by atoms with Gasteiger partial charge in [0.2, 0.25) is 0 Å². The van der Waals surface area contributed by atoms with Gasteiger partial charge in [0.1, 0.15) is 5.82 Å². The van der Waals surface area contributed by atoms with Gasteiger partial charge in [0.15, 0.2) is 0 Å². The van der Waals surface area contributed by atoms with Gasteiger partial charge in [0.25, 0.3) is 0 Å². The van der Waals surface area contributed by atoms with E-state index in [1.54, 1.807) is 12.3 Å². The van der Waals surface area contributed by atoms with E-state index in [4.69, 9.17) is 5.73 Å². The predicted molar refractivity (Wildman–Crippen MR) is 65.2 cm³/mol. The SMILES string of the molecule is CCC.CCCC.Nc1ccccn1. The molecule has 0 bridgehead atoms. The lowest BCUT2D eigenvalue weighted by atomic mass is 10.4. The lowest BCUT2D eigenvalue weighted by Crippen LogP contribution is -1.85. The Morgan fingerprint density at radius 2 is 1.57 bits per heavy atom. The van der Waals surface area contributed by atoms with E-state index in [1.165, 1.54) is 19.3 Å². The summed E-state index contributed by atoms with van der Waals surface area (Å²) in [5, 5.41) is 0. The number of unbranched alkanes of at least 4 members (excludes halogenated alkanes) is 1. The minimum Gasteiger partial charge on any atom is -0.384 e. The standard InChI is InChI=1S/C5H6N2.C4H10.C3H8/c6-5-3-1-2-4-7-5;1-3-4-2;1-3-2/h1-4H,(H2,6,7);3-4H2,1-2H3;3H2,1-2H3. The van der Waals surface area contributed by atoms with Crippen molar-refractivity contribution in [3.63, 3.8) is 0 Å². The molecule has 0 aromatic carbocycles. The van der Waals surface area contributed by atoms with Crippen LogP contribution in [-0.2, 0) is 0 Å². The van der Waals surface area contributed by atoms with E-state index in [-0.39, 0.29) is 0 Å². The highest BCUT2D eigenvalue weighted by molar-refractivity contribution is 5.25. The molecule has 2 N–H and O–H groups in total. The Morgan fingerprint density at radius 1 is 1.07 bits per heavy atom. The first kappa shape index (κ1) is 15.4. The van der Waals surface area contributed by atoms with E-state index < -0.39 is 0 Å². The van der Waals surface area contributed by atoms with Gasteiger partial charge >= 0.3 is 0 Å². The normalized spacial score (nSPS) is 7.71. The smallest absolute Gasteiger partial charge is 0.123 e. The van der Waals surface area contributed by atoms with Gasteiger partial charge in [-0.1, -0.05) is 53.0 Å². The molecule has 0 unspecified atom stereocenters. The molecule has 0 aliphatic heterocycles. The van der Waals surface area contributed by atoms with Crippen molar-refractivity contribution in [2.75, 3.05) is 5.73 Å². The summed E-state index contributed by atoms with van der Waals surface area (Å²) in [5.74, 6) is 0.572. The molecule has 2 nitrogen and oxygen atoms in total. The van der Waals surface area contributed by atoms with Crippen molar-refractivity contribution >= 4 is 5.82 Å². The summed E-state index contributed by atoms with van der Waals surface area (Å²) >= 11 is 0. The Balaban J connectivity index is 0. The van der Waals surface area contributed by atoms with Crippen LogP contribution in [0.25, 0.3) is 0 Å². The first-order chi connectivity index (χ1) is 6.72. The molecular weight excluding hydrogens is 172 g/mol. The van der Waals surface area contributed by atoms with Gasteiger partial charge < -0.3 is 5.73 Å². The highest BCUT2D eigenvalue weighted by Gasteiger charge is 1.73. The van der Waals surface area contributed by atoms with Crippen LogP contribution in [0.3, 0.4) is 0 Å². The molecule has 0 radical (unpaired) electrons. The number of rotatable bonds is 1. The molecule has 0 atom stereocenters. The van der Waals surface area contributed by atoms with Crippen LogP contribution in [-0.4, -0.2) is 4.98 Å². The summed E-state index contributed by atoms with van der Waals surface area (Å²) in [7, 11) is 0. The van der Waals surface area contributed by atoms with E-state index in [1.807, 2.05) is 12.1 Å². The second-order valence-electron chi connectivity index (χ2n) is 2.96. The van der Waals surface area contributed by atoms with E-state index in [0.717, 1.165) is 0 Å². The van der Waals surface area contributed by atoms with Gasteiger partial charge in [-0.05, 0) is 12.1 Å². The van der Waals surface area contributed by atoms with Gasteiger partial charge in [0.05, 0.1) is 0 Å². The second-order valence-corrected chi connectivity index (χ2v) is 2.96. The summed E-state index contributed by atoms with van der Waals surface area (Å²) in [6.45, 7) is 8.61. The number of anilines is 1. The molecule has 0 aliphatic carbocycles. The third-order valence-electron chi connectivity index (χ3n) is 1.19. The van der Waals surface area contributed by atoms with Gasteiger partial charge in [-0.2, -0.15) is 0 Å². The summed E-state index contributed by atoms with van der Waals surface area (Å²) in [5.41, 5.74) is 5.25. The first-order valence-corrected chi connectivity index (χ1v) is 5.39. The van der Waals surface area contributed by atoms with Crippen LogP contribution in [0, 0.1) is 0 Å². The number of hydrogen-bond acceptors (Lipinski definition) is 2. The fourth-order valence-corrected chi connectivity index (χ4v) is 0.376. The molecule has 0 fully saturated rings. The third-order valence-corrected chi connectivity index (χ3v) is 1.19. The van der Waals surface area contributed by atoms with Crippen molar-refractivity contribution in [3.05, 3.63) is 24.4 Å². The third kappa shape index (κ3) is 17.2. The first-order valence-electron chi connectivity index (χ1n) is 5.39. The second kappa shape index (κ2) is 14.5. The van der Waals surface area contributed by atoms with Crippen molar-refractivity contribution in [1.82, 2.24) is 4.98 Å². The van der Waals surface area contributed by atoms with Crippen molar-refractivity contribution < 1.29 is 0 Å². The lowest BCUT2D eigenvalue weighted by Gasteiger charge is -1.82. The summed E-state index contributed by atoms with van der Waals surface area (Å²) < 4.78 is 0. The largest absolute Gasteiger partial charge is 0.384 e. The molecule has 2 heteroatoms. The molecule has 0 saturated heterocycles. The van der Waals surface area contributed by atoms with Crippen LogP contribution in [0.15, 0.2) is 24.4 Å². The van der Waals surface area contributed by atoms with Gasteiger partial charge in [-0.25, -0.2) is 4.98 Å². The van der Waals surface area contributed by atoms with Crippen molar-refractivity contribution in [1.29, 1.82) is 0 Å². The minimum atomic E-state index is 0.572. The Bertz CT molecular complexity index is 171. The van der Waals surface area contributed by atoms with Crippen molar-refractivity contribution in [3.8, 4) is 0 Å². The number of nitrogen functional groups attached to an aromatic ring is 1. The van der Waals surface area contributed by atoms with E-state index in [2.05, 4.69) is 32.7 Å². The van der Waals surface area contributed by atoms with E-state index >= 15 is 0 Å². The van der Waals surface area contributed by atoms with Gasteiger partial charge in [-0.15, -0.1) is 0 Å². The van der Waals surface area contributed by atoms with Crippen molar-refractivity contribution in [2.45, 2.75) is 47.0 Å². The number of hydrogen-bond donors (Lipinski definition) is 1. The molecule has 1 aromatic rings. The maximum Gasteiger partial charge on any atom is 0.123 e. The highest BCUT2D eigenvalue weighted by atomic mass is 14.8. The maximum atomic E-state index is 5.25. The molecule has 1 heterocycles. The van der Waals surface area contributed by atoms with Crippen molar-refractivity contribution in [2.24, 2.45) is 0 Å². The van der Waals surface area contributed by atoms with E-state index in [9.17, 15) is 0 Å². The molecule has 82 valence electrons. The van der Waals surface area contributed by atoms with Crippen LogP contribution < -0.4 is 5.73 Å². The molecule has 0 aliphatic rings. The van der Waals surface area contributed by atoms with Gasteiger partial charge in [0, 0.05) is 6.20 Å². The molecule has 0 amide bonds. The average Bonchev–Trinajstić information content (AvgIpc) is 2.21. The van der Waals surface area contributed by atoms with Crippen LogP contribution in [0.4, 0.5) is 5.82 Å². The highest BCUT2D eigenvalue weighted by Crippen LogP contribution is 1.89. The quantitative estimate of drug-likeness (QED) is 0.740. The van der Waals surface area contributed by atoms with Crippen LogP contribution >= 0.6 is 0 Å². The topological polar surface area (TPSA) is 38.9 Å². The fourth-order valence-electron chi connectivity index (χ4n) is 0.376. The zero-order valence-corrected chi connectivity index (χ0v) is 9.96. The predicted octanol–water partition coefficient (Wildman–Crippen LogP) is 3.89. The number of aromatic nitrogens is 1. The minimum absolute atomic E-state index is 0.572. The number of pyridine rings is 1. The molecule has 0 spiro atoms. The lowest BCUT2D eigenvalue weighted by molar-refractivity contribution is 0.886. The Hall–Kier alpha value is -1.05. The Labute approximate surface area is 88.6 Å². The molecule has 1 rings (SSSR count). The zero-order chi connectivity index (χ0) is 11.2. The molecule has 1 aromatic heterocycles. The molecule has 0 saturated carbocycles.